The zero-order chi connectivity index (χ0) is 11.0. The molecule has 0 atom stereocenters. The molecule has 0 unspecified atom stereocenters. The summed E-state index contributed by atoms with van der Waals surface area (Å²) < 4.78 is 2.41. The summed E-state index contributed by atoms with van der Waals surface area (Å²) in [6.07, 6.45) is 11.0. The third kappa shape index (κ3) is 1.77. The quantitative estimate of drug-likeness (QED) is 0.840. The first kappa shape index (κ1) is 10.3. The second kappa shape index (κ2) is 3.88. The maximum atomic E-state index is 5.70. The molecular formula is C13H21N3. The van der Waals surface area contributed by atoms with Crippen molar-refractivity contribution in [2.24, 2.45) is 11.1 Å². The van der Waals surface area contributed by atoms with Gasteiger partial charge in [0.05, 0.1) is 12.0 Å². The molecule has 2 N–H and O–H groups in total. The molecule has 1 fully saturated rings. The van der Waals surface area contributed by atoms with Gasteiger partial charge in [-0.05, 0) is 56.9 Å². The van der Waals surface area contributed by atoms with Gasteiger partial charge in [0.25, 0.3) is 0 Å². The van der Waals surface area contributed by atoms with Crippen LogP contribution < -0.4 is 5.73 Å². The molecule has 16 heavy (non-hydrogen) atoms. The van der Waals surface area contributed by atoms with E-state index in [1.54, 1.807) is 0 Å². The molecule has 3 nitrogen and oxygen atoms in total. The number of nitrogens with two attached hydrogens (primary N) is 1. The van der Waals surface area contributed by atoms with Crippen LogP contribution in [0.5, 0.6) is 0 Å². The van der Waals surface area contributed by atoms with E-state index in [2.05, 4.69) is 15.9 Å². The van der Waals surface area contributed by atoms with Crippen LogP contribution in [-0.2, 0) is 19.4 Å². The fourth-order valence-electron chi connectivity index (χ4n) is 3.00. The normalized spacial score (nSPS) is 21.8. The van der Waals surface area contributed by atoms with E-state index in [9.17, 15) is 0 Å². The standard InChI is InChI=1S/C13H21N3/c14-8-7-13(5-6-13)9-16-10-15-11-3-1-2-4-12(11)16/h10H,1-9,14H2. The molecule has 2 aliphatic carbocycles. The van der Waals surface area contributed by atoms with Crippen molar-refractivity contribution in [2.75, 3.05) is 6.54 Å². The summed E-state index contributed by atoms with van der Waals surface area (Å²) >= 11 is 0. The van der Waals surface area contributed by atoms with Gasteiger partial charge < -0.3 is 10.3 Å². The fourth-order valence-corrected chi connectivity index (χ4v) is 3.00. The Bertz CT molecular complexity index is 377. The number of rotatable bonds is 4. The van der Waals surface area contributed by atoms with Gasteiger partial charge in [-0.15, -0.1) is 0 Å². The summed E-state index contributed by atoms with van der Waals surface area (Å²) in [6, 6.07) is 0. The molecule has 2 aliphatic rings. The maximum Gasteiger partial charge on any atom is 0.0951 e. The van der Waals surface area contributed by atoms with Gasteiger partial charge in [-0.1, -0.05) is 0 Å². The van der Waals surface area contributed by atoms with Gasteiger partial charge in [-0.25, -0.2) is 4.98 Å². The Labute approximate surface area is 97.0 Å². The highest BCUT2D eigenvalue weighted by molar-refractivity contribution is 5.17. The number of hydrogen-bond acceptors (Lipinski definition) is 2. The first-order chi connectivity index (χ1) is 7.83. The van der Waals surface area contributed by atoms with Gasteiger partial charge in [-0.3, -0.25) is 0 Å². The van der Waals surface area contributed by atoms with Crippen LogP contribution in [0.25, 0.3) is 0 Å². The van der Waals surface area contributed by atoms with E-state index >= 15 is 0 Å². The van der Waals surface area contributed by atoms with Crippen molar-refractivity contribution in [3.8, 4) is 0 Å². The van der Waals surface area contributed by atoms with Gasteiger partial charge >= 0.3 is 0 Å². The minimum atomic E-state index is 0.528. The fraction of sp³-hybridized carbons (Fsp3) is 0.769. The summed E-state index contributed by atoms with van der Waals surface area (Å²) in [5.41, 5.74) is 9.09. The third-order valence-corrected chi connectivity index (χ3v) is 4.25. The zero-order valence-electron chi connectivity index (χ0n) is 9.91. The van der Waals surface area contributed by atoms with Crippen molar-refractivity contribution in [3.63, 3.8) is 0 Å². The van der Waals surface area contributed by atoms with Crippen LogP contribution >= 0.6 is 0 Å². The van der Waals surface area contributed by atoms with Crippen molar-refractivity contribution in [2.45, 2.75) is 51.5 Å². The van der Waals surface area contributed by atoms with Gasteiger partial charge in [0.15, 0.2) is 0 Å². The Balaban J connectivity index is 1.77. The number of aryl methyl sites for hydroxylation is 1. The van der Waals surface area contributed by atoms with E-state index in [0.717, 1.165) is 13.1 Å². The minimum absolute atomic E-state index is 0.528. The van der Waals surface area contributed by atoms with Crippen LogP contribution in [0.15, 0.2) is 6.33 Å². The van der Waals surface area contributed by atoms with Crippen LogP contribution in [-0.4, -0.2) is 16.1 Å². The van der Waals surface area contributed by atoms with Gasteiger partial charge in [0.1, 0.15) is 0 Å². The summed E-state index contributed by atoms with van der Waals surface area (Å²) in [5, 5.41) is 0. The predicted octanol–water partition coefficient (Wildman–Crippen LogP) is 1.89. The first-order valence-electron chi connectivity index (χ1n) is 6.56. The lowest BCUT2D eigenvalue weighted by molar-refractivity contribution is 0.389. The average Bonchev–Trinajstić information content (AvgIpc) is 2.93. The monoisotopic (exact) mass is 219 g/mol. The highest BCUT2D eigenvalue weighted by Crippen LogP contribution is 2.50. The summed E-state index contributed by atoms with van der Waals surface area (Å²) in [6.45, 7) is 1.99. The SMILES string of the molecule is NCCC1(Cn2cnc3c2CCCC3)CC1. The summed E-state index contributed by atoms with van der Waals surface area (Å²) in [7, 11) is 0. The molecule has 1 saturated carbocycles. The van der Waals surface area contributed by atoms with Crippen molar-refractivity contribution in [3.05, 3.63) is 17.7 Å². The van der Waals surface area contributed by atoms with Gasteiger partial charge in [0.2, 0.25) is 0 Å². The van der Waals surface area contributed by atoms with E-state index in [1.165, 1.54) is 56.3 Å². The Morgan fingerprint density at radius 2 is 2.12 bits per heavy atom. The van der Waals surface area contributed by atoms with Crippen LogP contribution in [0, 0.1) is 5.41 Å². The second-order valence-corrected chi connectivity index (χ2v) is 5.51. The van der Waals surface area contributed by atoms with E-state index in [1.807, 2.05) is 0 Å². The molecule has 0 bridgehead atoms. The third-order valence-electron chi connectivity index (χ3n) is 4.25. The molecular weight excluding hydrogens is 198 g/mol. The summed E-state index contributed by atoms with van der Waals surface area (Å²) in [4.78, 5) is 4.56. The maximum absolute atomic E-state index is 5.70. The topological polar surface area (TPSA) is 43.8 Å². The smallest absolute Gasteiger partial charge is 0.0951 e. The number of aromatic nitrogens is 2. The van der Waals surface area contributed by atoms with E-state index in [0.29, 0.717) is 5.41 Å². The minimum Gasteiger partial charge on any atom is -0.334 e. The van der Waals surface area contributed by atoms with Gasteiger partial charge in [-0.2, -0.15) is 0 Å². The van der Waals surface area contributed by atoms with Gasteiger partial charge in [0, 0.05) is 12.2 Å². The van der Waals surface area contributed by atoms with E-state index < -0.39 is 0 Å². The molecule has 1 heterocycles. The van der Waals surface area contributed by atoms with Crippen molar-refractivity contribution < 1.29 is 0 Å². The van der Waals surface area contributed by atoms with Crippen LogP contribution in [0.2, 0.25) is 0 Å². The highest BCUT2D eigenvalue weighted by Gasteiger charge is 2.42. The van der Waals surface area contributed by atoms with Crippen LogP contribution in [0.1, 0.15) is 43.5 Å². The molecule has 0 spiro atoms. The molecule has 3 heteroatoms. The first-order valence-corrected chi connectivity index (χ1v) is 6.56. The lowest BCUT2D eigenvalue weighted by Gasteiger charge is -2.19. The molecule has 0 radical (unpaired) electrons. The molecule has 0 amide bonds. The predicted molar refractivity (Wildman–Crippen MR) is 64.2 cm³/mol. The van der Waals surface area contributed by atoms with E-state index in [4.69, 9.17) is 5.73 Å². The number of imidazole rings is 1. The second-order valence-electron chi connectivity index (χ2n) is 5.51. The van der Waals surface area contributed by atoms with E-state index in [-0.39, 0.29) is 0 Å². The van der Waals surface area contributed by atoms with Crippen LogP contribution in [0.3, 0.4) is 0 Å². The Hall–Kier alpha value is -0.830. The number of nitrogens with zero attached hydrogens (tertiary/aromatic N) is 2. The molecule has 3 rings (SSSR count). The molecule has 0 aliphatic heterocycles. The largest absolute Gasteiger partial charge is 0.334 e. The average molecular weight is 219 g/mol. The lowest BCUT2D eigenvalue weighted by Crippen LogP contribution is -2.18. The number of fused-ring (bicyclic) bond motifs is 1. The van der Waals surface area contributed by atoms with Crippen molar-refractivity contribution in [1.82, 2.24) is 9.55 Å². The Kier molecular flexibility index (Phi) is 2.51. The highest BCUT2D eigenvalue weighted by atomic mass is 15.1. The molecule has 1 aromatic rings. The lowest BCUT2D eigenvalue weighted by atomic mass is 9.99. The molecule has 1 aromatic heterocycles. The van der Waals surface area contributed by atoms with Crippen LogP contribution in [0.4, 0.5) is 0 Å². The Morgan fingerprint density at radius 1 is 1.31 bits per heavy atom. The Morgan fingerprint density at radius 3 is 2.88 bits per heavy atom. The summed E-state index contributed by atoms with van der Waals surface area (Å²) in [5.74, 6) is 0. The number of hydrogen-bond donors (Lipinski definition) is 1. The molecule has 0 aromatic carbocycles. The molecule has 88 valence electrons. The zero-order valence-corrected chi connectivity index (χ0v) is 9.91. The van der Waals surface area contributed by atoms with Crippen molar-refractivity contribution >= 4 is 0 Å². The van der Waals surface area contributed by atoms with Crippen molar-refractivity contribution in [1.29, 1.82) is 0 Å². The molecule has 0 saturated heterocycles.